The van der Waals surface area contributed by atoms with Gasteiger partial charge in [-0.3, -0.25) is 15.6 Å². The van der Waals surface area contributed by atoms with Gasteiger partial charge in [0, 0.05) is 17.1 Å². The third-order valence-electron chi connectivity index (χ3n) is 5.10. The second-order valence-electron chi connectivity index (χ2n) is 7.62. The lowest BCUT2D eigenvalue weighted by atomic mass is 10.1. The molecular weight excluding hydrogens is 444 g/mol. The zero-order valence-corrected chi connectivity index (χ0v) is 19.1. The van der Waals surface area contributed by atoms with Gasteiger partial charge in [0.2, 0.25) is 5.96 Å². The van der Waals surface area contributed by atoms with Crippen molar-refractivity contribution in [1.29, 1.82) is 0 Å². The van der Waals surface area contributed by atoms with E-state index in [4.69, 9.17) is 9.47 Å². The zero-order valence-electron chi connectivity index (χ0n) is 19.1. The normalized spacial score (nSPS) is 10.3. The predicted molar refractivity (Wildman–Crippen MR) is 133 cm³/mol. The molecule has 4 rings (SSSR count). The molecule has 0 radical (unpaired) electrons. The summed E-state index contributed by atoms with van der Waals surface area (Å²) in [5.41, 5.74) is 3.74. The maximum Gasteiger partial charge on any atom is 0.414 e. The lowest BCUT2D eigenvalue weighted by Crippen LogP contribution is -2.44. The molecule has 4 aromatic rings. The van der Waals surface area contributed by atoms with E-state index < -0.39 is 12.2 Å². The van der Waals surface area contributed by atoms with Gasteiger partial charge in [-0.25, -0.2) is 14.6 Å². The molecule has 0 spiro atoms. The second kappa shape index (κ2) is 11.4. The Morgan fingerprint density at radius 3 is 1.91 bits per heavy atom. The number of amides is 2. The van der Waals surface area contributed by atoms with Crippen molar-refractivity contribution in [1.82, 2.24) is 15.6 Å². The number of alkyl carbamates (subject to hydrolysis) is 2. The highest BCUT2D eigenvalue weighted by Gasteiger charge is 2.14. The Kier molecular flexibility index (Phi) is 7.65. The van der Waals surface area contributed by atoms with Gasteiger partial charge in [0.05, 0.1) is 11.2 Å². The van der Waals surface area contributed by atoms with Crippen molar-refractivity contribution in [2.75, 3.05) is 0 Å². The molecule has 8 nitrogen and oxygen atoms in total. The Morgan fingerprint density at radius 2 is 1.34 bits per heavy atom. The van der Waals surface area contributed by atoms with Crippen molar-refractivity contribution in [3.8, 4) is 0 Å². The van der Waals surface area contributed by atoms with Crippen LogP contribution in [-0.2, 0) is 22.7 Å². The minimum atomic E-state index is -0.771. The molecule has 3 aromatic carbocycles. The minimum absolute atomic E-state index is 0.0668. The van der Waals surface area contributed by atoms with E-state index in [0.29, 0.717) is 5.69 Å². The number of hydrogen-bond acceptors (Lipinski definition) is 6. The molecule has 0 saturated carbocycles. The molecule has 0 atom stereocenters. The van der Waals surface area contributed by atoms with E-state index in [1.807, 2.05) is 85.8 Å². The van der Waals surface area contributed by atoms with Crippen molar-refractivity contribution < 1.29 is 19.1 Å². The molecular formula is C27H24N4O4. The van der Waals surface area contributed by atoms with Gasteiger partial charge in [-0.05, 0) is 30.2 Å². The molecule has 0 aliphatic carbocycles. The van der Waals surface area contributed by atoms with Gasteiger partial charge in [0.1, 0.15) is 13.2 Å². The number of aromatic nitrogens is 1. The SMILES string of the molecule is Cc1c(N=C(NC(=O)OCc2ccccc2)NC(=O)OCc2ccccc2)ccc2cccnc12. The zero-order chi connectivity index (χ0) is 24.5. The van der Waals surface area contributed by atoms with Crippen LogP contribution < -0.4 is 10.6 Å². The fourth-order valence-corrected chi connectivity index (χ4v) is 3.32. The quantitative estimate of drug-likeness (QED) is 0.302. The number of carbonyl (C=O) groups is 2. The van der Waals surface area contributed by atoms with Crippen LogP contribution in [0.5, 0.6) is 0 Å². The van der Waals surface area contributed by atoms with Gasteiger partial charge in [-0.15, -0.1) is 0 Å². The van der Waals surface area contributed by atoms with Gasteiger partial charge < -0.3 is 9.47 Å². The fraction of sp³-hybridized carbons (Fsp3) is 0.111. The summed E-state index contributed by atoms with van der Waals surface area (Å²) in [5.74, 6) is -0.125. The van der Waals surface area contributed by atoms with Crippen LogP contribution in [0.2, 0.25) is 0 Å². The summed E-state index contributed by atoms with van der Waals surface area (Å²) in [5, 5.41) is 5.95. The van der Waals surface area contributed by atoms with Crippen LogP contribution in [-0.4, -0.2) is 23.1 Å². The highest BCUT2D eigenvalue weighted by molar-refractivity contribution is 6.02. The number of hydrogen-bond donors (Lipinski definition) is 2. The van der Waals surface area contributed by atoms with E-state index >= 15 is 0 Å². The fourth-order valence-electron chi connectivity index (χ4n) is 3.32. The van der Waals surface area contributed by atoms with E-state index in [9.17, 15) is 9.59 Å². The predicted octanol–water partition coefficient (Wildman–Crippen LogP) is 5.38. The highest BCUT2D eigenvalue weighted by Crippen LogP contribution is 2.25. The summed E-state index contributed by atoms with van der Waals surface area (Å²) in [4.78, 5) is 33.8. The standard InChI is InChI=1S/C27H24N4O4/c1-19-23(15-14-22-13-8-16-28-24(19)22)29-25(30-26(32)34-17-20-9-4-2-5-10-20)31-27(33)35-18-21-11-6-3-7-12-21/h2-16H,17-18H2,1H3,(H2,29,30,31,32,33). The minimum Gasteiger partial charge on any atom is -0.444 e. The number of nitrogens with zero attached hydrogens (tertiary/aromatic N) is 2. The van der Waals surface area contributed by atoms with Gasteiger partial charge >= 0.3 is 12.2 Å². The second-order valence-corrected chi connectivity index (χ2v) is 7.62. The summed E-state index contributed by atoms with van der Waals surface area (Å²) in [6.07, 6.45) is 0.155. The van der Waals surface area contributed by atoms with Crippen LogP contribution >= 0.6 is 0 Å². The average Bonchev–Trinajstić information content (AvgIpc) is 2.89. The first-order valence-electron chi connectivity index (χ1n) is 11.0. The van der Waals surface area contributed by atoms with Crippen molar-refractivity contribution in [3.63, 3.8) is 0 Å². The van der Waals surface area contributed by atoms with Crippen molar-refractivity contribution in [2.45, 2.75) is 20.1 Å². The van der Waals surface area contributed by atoms with Gasteiger partial charge in [0.15, 0.2) is 0 Å². The Labute approximate surface area is 202 Å². The van der Waals surface area contributed by atoms with Crippen molar-refractivity contribution in [3.05, 3.63) is 108 Å². The first-order valence-corrected chi connectivity index (χ1v) is 11.0. The molecule has 0 unspecified atom stereocenters. The maximum absolute atomic E-state index is 12.5. The van der Waals surface area contributed by atoms with Crippen LogP contribution in [0.25, 0.3) is 10.9 Å². The number of pyridine rings is 1. The number of fused-ring (bicyclic) bond motifs is 1. The summed E-state index contributed by atoms with van der Waals surface area (Å²) < 4.78 is 10.5. The lowest BCUT2D eigenvalue weighted by molar-refractivity contribution is 0.141. The molecule has 176 valence electrons. The average molecular weight is 469 g/mol. The molecule has 0 saturated heterocycles. The molecule has 1 aromatic heterocycles. The number of carbonyl (C=O) groups excluding carboxylic acids is 2. The summed E-state index contributed by atoms with van der Waals surface area (Å²) in [6, 6.07) is 26.0. The number of nitrogens with one attached hydrogen (secondary N) is 2. The van der Waals surface area contributed by atoms with Gasteiger partial charge in [0.25, 0.3) is 0 Å². The van der Waals surface area contributed by atoms with E-state index in [-0.39, 0.29) is 19.2 Å². The van der Waals surface area contributed by atoms with E-state index in [1.54, 1.807) is 12.3 Å². The van der Waals surface area contributed by atoms with E-state index in [2.05, 4.69) is 20.6 Å². The number of guanidine groups is 1. The number of benzene rings is 3. The van der Waals surface area contributed by atoms with Crippen LogP contribution in [0.3, 0.4) is 0 Å². The van der Waals surface area contributed by atoms with Gasteiger partial charge in [-0.2, -0.15) is 0 Å². The van der Waals surface area contributed by atoms with Crippen LogP contribution in [0.15, 0.2) is 96.1 Å². The van der Waals surface area contributed by atoms with Gasteiger partial charge in [-0.1, -0.05) is 72.8 Å². The third-order valence-corrected chi connectivity index (χ3v) is 5.10. The Balaban J connectivity index is 1.50. The molecule has 35 heavy (non-hydrogen) atoms. The molecule has 0 aliphatic heterocycles. The molecule has 0 bridgehead atoms. The first kappa shape index (κ1) is 23.4. The number of rotatable bonds is 5. The van der Waals surface area contributed by atoms with Crippen LogP contribution in [0.4, 0.5) is 15.3 Å². The molecule has 2 amide bonds. The third kappa shape index (κ3) is 6.64. The Hall–Kier alpha value is -4.72. The lowest BCUT2D eigenvalue weighted by Gasteiger charge is -2.13. The maximum atomic E-state index is 12.5. The molecule has 2 N–H and O–H groups in total. The van der Waals surface area contributed by atoms with Crippen molar-refractivity contribution in [2.24, 2.45) is 4.99 Å². The first-order chi connectivity index (χ1) is 17.1. The molecule has 1 heterocycles. The molecule has 0 fully saturated rings. The largest absolute Gasteiger partial charge is 0.444 e. The highest BCUT2D eigenvalue weighted by atomic mass is 16.6. The number of ether oxygens (including phenoxy) is 2. The van der Waals surface area contributed by atoms with Crippen molar-refractivity contribution >= 4 is 34.7 Å². The Morgan fingerprint density at radius 1 is 0.771 bits per heavy atom. The number of aryl methyl sites for hydroxylation is 1. The summed E-state index contributed by atoms with van der Waals surface area (Å²) in [7, 11) is 0. The monoisotopic (exact) mass is 468 g/mol. The van der Waals surface area contributed by atoms with Crippen LogP contribution in [0, 0.1) is 6.92 Å². The molecule has 8 heteroatoms. The van der Waals surface area contributed by atoms with E-state index in [0.717, 1.165) is 27.6 Å². The number of aliphatic imine (C=N–C) groups is 1. The smallest absolute Gasteiger partial charge is 0.414 e. The summed E-state index contributed by atoms with van der Waals surface area (Å²) >= 11 is 0. The van der Waals surface area contributed by atoms with E-state index in [1.165, 1.54) is 0 Å². The summed E-state index contributed by atoms with van der Waals surface area (Å²) in [6.45, 7) is 2.00. The Bertz CT molecular complexity index is 1280. The molecule has 0 aliphatic rings. The topological polar surface area (TPSA) is 102 Å². The van der Waals surface area contributed by atoms with Crippen LogP contribution in [0.1, 0.15) is 16.7 Å².